The number of carbonyl (C=O) groups excluding carboxylic acids is 2. The summed E-state index contributed by atoms with van der Waals surface area (Å²) in [4.78, 5) is 43.8. The molecule has 0 spiro atoms. The number of hydrogen-bond acceptors (Lipinski definition) is 8. The molecule has 14 heteroatoms. The first-order valence-electron chi connectivity index (χ1n) is 15.2. The first-order valence-corrected chi connectivity index (χ1v) is 16.7. The van der Waals surface area contributed by atoms with E-state index in [1.54, 1.807) is 55.3 Å². The van der Waals surface area contributed by atoms with Gasteiger partial charge in [0.2, 0.25) is 21.8 Å². The van der Waals surface area contributed by atoms with Gasteiger partial charge >= 0.3 is 5.97 Å². The third-order valence-electron chi connectivity index (χ3n) is 7.84. The second kappa shape index (κ2) is 15.9. The molecule has 1 aromatic heterocycles. The smallest absolute Gasteiger partial charge is 0.323 e. The Hall–Kier alpha value is -4.40. The molecule has 1 aliphatic heterocycles. The van der Waals surface area contributed by atoms with Crippen LogP contribution in [0, 0.1) is 26.6 Å². The van der Waals surface area contributed by atoms with Gasteiger partial charge in [-0.05, 0) is 74.6 Å². The van der Waals surface area contributed by atoms with Gasteiger partial charge in [-0.25, -0.2) is 17.8 Å². The van der Waals surface area contributed by atoms with Crippen molar-refractivity contribution in [1.82, 2.24) is 19.9 Å². The molecule has 0 unspecified atom stereocenters. The molecule has 2 aromatic carbocycles. The molecule has 0 radical (unpaired) electrons. The summed E-state index contributed by atoms with van der Waals surface area (Å²) in [6, 6.07) is 12.9. The molecule has 1 saturated heterocycles. The number of pyridine rings is 1. The maximum absolute atomic E-state index is 13.3. The van der Waals surface area contributed by atoms with Gasteiger partial charge in [0.05, 0.1) is 17.0 Å². The highest BCUT2D eigenvalue weighted by Crippen LogP contribution is 2.24. The molecular formula is C33H40FN5O7S. The van der Waals surface area contributed by atoms with Crippen LogP contribution in [0.1, 0.15) is 35.1 Å². The van der Waals surface area contributed by atoms with Crippen LogP contribution in [0.15, 0.2) is 65.7 Å². The van der Waals surface area contributed by atoms with Gasteiger partial charge in [0.15, 0.2) is 0 Å². The molecule has 0 saturated carbocycles. The number of amides is 2. The van der Waals surface area contributed by atoms with Crippen LogP contribution >= 0.6 is 0 Å². The molecule has 12 nitrogen and oxygen atoms in total. The van der Waals surface area contributed by atoms with Crippen molar-refractivity contribution in [2.24, 2.45) is 0 Å². The molecule has 2 amide bonds. The summed E-state index contributed by atoms with van der Waals surface area (Å²) in [5.41, 5.74) is 2.66. The van der Waals surface area contributed by atoms with Gasteiger partial charge in [-0.15, -0.1) is 0 Å². The summed E-state index contributed by atoms with van der Waals surface area (Å²) >= 11 is 0. The number of hydrogen-bond donors (Lipinski definition) is 4. The van der Waals surface area contributed by atoms with Crippen molar-refractivity contribution >= 4 is 33.6 Å². The van der Waals surface area contributed by atoms with Gasteiger partial charge in [0.25, 0.3) is 0 Å². The monoisotopic (exact) mass is 669 g/mol. The zero-order valence-electron chi connectivity index (χ0n) is 26.5. The number of sulfonamides is 1. The van der Waals surface area contributed by atoms with Crippen molar-refractivity contribution in [2.75, 3.05) is 31.6 Å². The highest BCUT2D eigenvalue weighted by atomic mass is 32.2. The van der Waals surface area contributed by atoms with E-state index in [4.69, 9.17) is 4.74 Å². The number of halogens is 1. The number of rotatable bonds is 15. The SMILES string of the molecule is Cc1cc(C)c(S(=O)(=O)N[C@@H](CNC(=O)CO[C@@H]2C[C@@H](CNc3ccccn3)N(C(=O)CCc3ccc(F)cc3)C2)C(=O)O)c(C)c1. The van der Waals surface area contributed by atoms with Crippen LogP contribution in [-0.4, -0.2) is 85.6 Å². The predicted molar refractivity (Wildman–Crippen MR) is 173 cm³/mol. The minimum Gasteiger partial charge on any atom is -0.480 e. The van der Waals surface area contributed by atoms with E-state index in [2.05, 4.69) is 20.3 Å². The zero-order chi connectivity index (χ0) is 34.1. The average molecular weight is 670 g/mol. The Morgan fingerprint density at radius 3 is 2.43 bits per heavy atom. The summed E-state index contributed by atoms with van der Waals surface area (Å²) in [7, 11) is -4.20. The van der Waals surface area contributed by atoms with E-state index in [0.717, 1.165) is 11.1 Å². The second-order valence-electron chi connectivity index (χ2n) is 11.6. The van der Waals surface area contributed by atoms with Gasteiger partial charge in [0, 0.05) is 32.3 Å². The van der Waals surface area contributed by atoms with E-state index in [1.165, 1.54) is 12.1 Å². The van der Waals surface area contributed by atoms with E-state index < -0.39 is 47.2 Å². The normalized spacial score (nSPS) is 16.9. The van der Waals surface area contributed by atoms with Crippen LogP contribution in [0.4, 0.5) is 10.2 Å². The Balaban J connectivity index is 1.33. The van der Waals surface area contributed by atoms with E-state index in [0.29, 0.717) is 36.3 Å². The van der Waals surface area contributed by atoms with Crippen LogP contribution in [0.5, 0.6) is 0 Å². The number of aryl methyl sites for hydroxylation is 4. The predicted octanol–water partition coefficient (Wildman–Crippen LogP) is 2.72. The van der Waals surface area contributed by atoms with Crippen LogP contribution in [0.3, 0.4) is 0 Å². The summed E-state index contributed by atoms with van der Waals surface area (Å²) in [5.74, 6) is -1.91. The van der Waals surface area contributed by atoms with Crippen molar-refractivity contribution in [2.45, 2.75) is 63.1 Å². The molecule has 4 N–H and O–H groups in total. The van der Waals surface area contributed by atoms with Crippen molar-refractivity contribution in [3.63, 3.8) is 0 Å². The van der Waals surface area contributed by atoms with Gasteiger partial charge in [0.1, 0.15) is 24.3 Å². The second-order valence-corrected chi connectivity index (χ2v) is 13.3. The number of benzene rings is 2. The van der Waals surface area contributed by atoms with Crippen LogP contribution in [0.2, 0.25) is 0 Å². The Labute approximate surface area is 273 Å². The summed E-state index contributed by atoms with van der Waals surface area (Å²) in [6.45, 7) is 4.80. The lowest BCUT2D eigenvalue weighted by atomic mass is 10.1. The van der Waals surface area contributed by atoms with Gasteiger partial charge in [-0.3, -0.25) is 14.4 Å². The van der Waals surface area contributed by atoms with E-state index in [1.807, 2.05) is 19.1 Å². The lowest BCUT2D eigenvalue weighted by Gasteiger charge is -2.25. The summed E-state index contributed by atoms with van der Waals surface area (Å²) in [6.07, 6.45) is 2.24. The molecule has 3 aromatic rings. The number of carboxylic acid groups (broad SMARTS) is 1. The number of carbonyl (C=O) groups is 3. The van der Waals surface area contributed by atoms with Gasteiger partial charge < -0.3 is 25.4 Å². The standard InChI is InChI=1S/C33H40FN5O7S/c1-21-14-22(2)32(23(3)15-21)47(44,45)38-28(33(42)43)18-37-30(40)20-46-27-16-26(17-36-29-6-4-5-13-35-29)39(19-27)31(41)12-9-24-7-10-25(34)11-8-24/h4-8,10-11,13-15,26-28,38H,9,12,16-20H2,1-3H3,(H,35,36)(H,37,40)(H,42,43)/t26-,27+,28-/m0/s1. The Kier molecular flexibility index (Phi) is 12.0. The Morgan fingerprint density at radius 1 is 1.09 bits per heavy atom. The Morgan fingerprint density at radius 2 is 1.79 bits per heavy atom. The maximum Gasteiger partial charge on any atom is 0.323 e. The number of carboxylic acids is 1. The van der Waals surface area contributed by atoms with Gasteiger partial charge in [-0.1, -0.05) is 35.9 Å². The van der Waals surface area contributed by atoms with Crippen LogP contribution in [0.25, 0.3) is 0 Å². The molecule has 1 fully saturated rings. The number of aliphatic carboxylic acids is 1. The van der Waals surface area contributed by atoms with E-state index >= 15 is 0 Å². The van der Waals surface area contributed by atoms with Crippen LogP contribution < -0.4 is 15.4 Å². The maximum atomic E-state index is 13.3. The number of nitrogens with one attached hydrogen (secondary N) is 3. The van der Waals surface area contributed by atoms with E-state index in [-0.39, 0.29) is 35.6 Å². The third-order valence-corrected chi connectivity index (χ3v) is 9.62. The number of anilines is 1. The minimum absolute atomic E-state index is 0.00546. The highest BCUT2D eigenvalue weighted by Gasteiger charge is 2.36. The van der Waals surface area contributed by atoms with Crippen molar-refractivity contribution < 1.29 is 37.0 Å². The van der Waals surface area contributed by atoms with Gasteiger partial charge in [-0.2, -0.15) is 4.72 Å². The lowest BCUT2D eigenvalue weighted by molar-refractivity contribution is -0.139. The minimum atomic E-state index is -4.20. The van der Waals surface area contributed by atoms with Crippen LogP contribution in [-0.2, 0) is 35.6 Å². The lowest BCUT2D eigenvalue weighted by Crippen LogP contribution is -2.49. The fraction of sp³-hybridized carbons (Fsp3) is 0.394. The summed E-state index contributed by atoms with van der Waals surface area (Å²) in [5, 5.41) is 15.3. The molecule has 2 heterocycles. The quantitative estimate of drug-likeness (QED) is 0.190. The van der Waals surface area contributed by atoms with E-state index in [9.17, 15) is 32.3 Å². The molecule has 252 valence electrons. The number of likely N-dealkylation sites (tertiary alicyclic amines) is 1. The number of aromatic nitrogens is 1. The third kappa shape index (κ3) is 10.0. The molecule has 47 heavy (non-hydrogen) atoms. The zero-order valence-corrected chi connectivity index (χ0v) is 27.3. The number of ether oxygens (including phenoxy) is 1. The Bertz CT molecular complexity index is 1650. The molecule has 0 bridgehead atoms. The average Bonchev–Trinajstić information content (AvgIpc) is 3.43. The van der Waals surface area contributed by atoms with Crippen molar-refractivity contribution in [3.8, 4) is 0 Å². The first-order chi connectivity index (χ1) is 22.3. The molecular weight excluding hydrogens is 629 g/mol. The largest absolute Gasteiger partial charge is 0.480 e. The molecule has 1 aliphatic rings. The first kappa shape index (κ1) is 35.5. The molecule has 0 aliphatic carbocycles. The fourth-order valence-corrected chi connectivity index (χ4v) is 7.35. The highest BCUT2D eigenvalue weighted by molar-refractivity contribution is 7.89. The number of nitrogens with zero attached hydrogens (tertiary/aromatic N) is 2. The molecule has 4 rings (SSSR count). The molecule has 3 atom stereocenters. The fourth-order valence-electron chi connectivity index (χ4n) is 5.71. The van der Waals surface area contributed by atoms with Crippen molar-refractivity contribution in [3.05, 3.63) is 88.9 Å². The summed E-state index contributed by atoms with van der Waals surface area (Å²) < 4.78 is 47.5. The topological polar surface area (TPSA) is 167 Å². The van der Waals surface area contributed by atoms with Crippen molar-refractivity contribution in [1.29, 1.82) is 0 Å².